The quantitative estimate of drug-likeness (QED) is 0.582. The molecule has 0 unspecified atom stereocenters. The van der Waals surface area contributed by atoms with Crippen LogP contribution in [0.5, 0.6) is 11.5 Å². The zero-order chi connectivity index (χ0) is 20.2. The van der Waals surface area contributed by atoms with Crippen LogP contribution >= 0.6 is 11.6 Å². The molecule has 0 radical (unpaired) electrons. The molecule has 1 heterocycles. The minimum Gasteiger partial charge on any atom is -0.496 e. The van der Waals surface area contributed by atoms with Crippen LogP contribution in [0.1, 0.15) is 45.6 Å². The van der Waals surface area contributed by atoms with Crippen molar-refractivity contribution in [1.82, 2.24) is 10.2 Å². The highest BCUT2D eigenvalue weighted by molar-refractivity contribution is 6.32. The number of methoxy groups -OCH3 is 1. The fourth-order valence-electron chi connectivity index (χ4n) is 2.98. The van der Waals surface area contributed by atoms with Crippen LogP contribution in [0.15, 0.2) is 35.3 Å². The van der Waals surface area contributed by atoms with Gasteiger partial charge >= 0.3 is 6.36 Å². The van der Waals surface area contributed by atoms with E-state index in [2.05, 4.69) is 23.9 Å². The largest absolute Gasteiger partial charge is 0.573 e. The van der Waals surface area contributed by atoms with Crippen LogP contribution in [0.25, 0.3) is 5.70 Å². The van der Waals surface area contributed by atoms with Gasteiger partial charge in [0.15, 0.2) is 0 Å². The van der Waals surface area contributed by atoms with E-state index in [1.165, 1.54) is 25.3 Å². The number of alkyl halides is 3. The van der Waals surface area contributed by atoms with Crippen LogP contribution in [0, 0.1) is 0 Å². The smallest absolute Gasteiger partial charge is 0.496 e. The van der Waals surface area contributed by atoms with E-state index in [1.807, 2.05) is 18.0 Å². The monoisotopic (exact) mass is 404 g/mol. The molecule has 0 aromatic heterocycles. The molecule has 8 heteroatoms. The average Bonchev–Trinajstić information content (AvgIpc) is 2.62. The summed E-state index contributed by atoms with van der Waals surface area (Å²) in [6, 6.07) is 4.17. The van der Waals surface area contributed by atoms with Gasteiger partial charge in [-0.15, -0.1) is 13.2 Å². The Hall–Kier alpha value is -2.02. The summed E-state index contributed by atoms with van der Waals surface area (Å²) in [5.41, 5.74) is 2.12. The summed E-state index contributed by atoms with van der Waals surface area (Å²) in [4.78, 5) is 2.01. The van der Waals surface area contributed by atoms with Gasteiger partial charge in [0.1, 0.15) is 16.7 Å². The Labute approximate surface area is 162 Å². The van der Waals surface area contributed by atoms with Gasteiger partial charge in [-0.1, -0.05) is 32.4 Å². The zero-order valence-corrected chi connectivity index (χ0v) is 16.5. The number of allylic oxidation sites excluding steroid dienone is 1. The van der Waals surface area contributed by atoms with E-state index >= 15 is 0 Å². The van der Waals surface area contributed by atoms with Crippen molar-refractivity contribution in [2.75, 3.05) is 7.11 Å². The highest BCUT2D eigenvalue weighted by atomic mass is 35.5. The molecule has 1 aliphatic heterocycles. The molecule has 0 bridgehead atoms. The zero-order valence-electron chi connectivity index (χ0n) is 15.8. The number of nitrogens with zero attached hydrogens (tertiary/aromatic N) is 1. The van der Waals surface area contributed by atoms with E-state index in [0.29, 0.717) is 16.4 Å². The summed E-state index contributed by atoms with van der Waals surface area (Å²) in [5, 5.41) is 3.74. The SMILES string of the molecule is CCC1=CN(C(CC)CC)C(Cl)=C(c2ccc(OC(F)(F)F)cc2OC)N1. The van der Waals surface area contributed by atoms with Crippen molar-refractivity contribution in [1.29, 1.82) is 0 Å². The Morgan fingerprint density at radius 3 is 2.37 bits per heavy atom. The first-order valence-corrected chi connectivity index (χ1v) is 9.21. The second-order valence-corrected chi connectivity index (χ2v) is 6.44. The third-order valence-corrected chi connectivity index (χ3v) is 4.79. The van der Waals surface area contributed by atoms with Gasteiger partial charge in [0.25, 0.3) is 0 Å². The molecule has 0 saturated heterocycles. The maximum Gasteiger partial charge on any atom is 0.573 e. The third-order valence-electron chi connectivity index (χ3n) is 4.41. The van der Waals surface area contributed by atoms with Crippen molar-refractivity contribution in [3.8, 4) is 11.5 Å². The Kier molecular flexibility index (Phi) is 6.92. The first kappa shape index (κ1) is 21.3. The standard InChI is InChI=1S/C19H24ClF3N2O2/c1-5-12-11-25(13(6-2)7-3)18(20)17(24-12)15-9-8-14(10-16(15)26-4)27-19(21,22)23/h8-11,13,24H,5-7H2,1-4H3. The Bertz CT molecular complexity index is 728. The number of benzene rings is 1. The van der Waals surface area contributed by atoms with Crippen molar-refractivity contribution in [3.05, 3.63) is 40.8 Å². The maximum atomic E-state index is 12.5. The van der Waals surface area contributed by atoms with E-state index in [-0.39, 0.29) is 17.5 Å². The predicted molar refractivity (Wildman–Crippen MR) is 100 cm³/mol. The van der Waals surface area contributed by atoms with Gasteiger partial charge in [-0.2, -0.15) is 0 Å². The molecule has 4 nitrogen and oxygen atoms in total. The van der Waals surface area contributed by atoms with Crippen LogP contribution in [0.3, 0.4) is 0 Å². The lowest BCUT2D eigenvalue weighted by molar-refractivity contribution is -0.274. The minimum absolute atomic E-state index is 0.218. The molecule has 0 saturated carbocycles. The molecule has 0 amide bonds. The molecule has 0 atom stereocenters. The van der Waals surface area contributed by atoms with Crippen molar-refractivity contribution < 1.29 is 22.6 Å². The number of rotatable bonds is 7. The van der Waals surface area contributed by atoms with Gasteiger partial charge in [-0.3, -0.25) is 0 Å². The number of ether oxygens (including phenoxy) is 2. The van der Waals surface area contributed by atoms with Gasteiger partial charge in [0, 0.05) is 29.6 Å². The Balaban J connectivity index is 2.49. The molecule has 1 aliphatic rings. The summed E-state index contributed by atoms with van der Waals surface area (Å²) in [7, 11) is 1.39. The van der Waals surface area contributed by atoms with Gasteiger partial charge in [-0.05, 0) is 31.4 Å². The van der Waals surface area contributed by atoms with Crippen molar-refractivity contribution >= 4 is 17.3 Å². The molecule has 0 spiro atoms. The van der Waals surface area contributed by atoms with Crippen molar-refractivity contribution in [2.45, 2.75) is 52.4 Å². The summed E-state index contributed by atoms with van der Waals surface area (Å²) < 4.78 is 46.7. The maximum absolute atomic E-state index is 12.5. The number of nitrogens with one attached hydrogen (secondary N) is 1. The molecule has 1 aromatic carbocycles. The molecule has 27 heavy (non-hydrogen) atoms. The second-order valence-electron chi connectivity index (χ2n) is 6.09. The lowest BCUT2D eigenvalue weighted by atomic mass is 10.1. The first-order chi connectivity index (χ1) is 12.7. The summed E-state index contributed by atoms with van der Waals surface area (Å²) >= 11 is 6.66. The second kappa shape index (κ2) is 8.78. The van der Waals surface area contributed by atoms with Crippen LogP contribution in [0.4, 0.5) is 13.2 Å². The topological polar surface area (TPSA) is 33.7 Å². The number of halogens is 4. The summed E-state index contributed by atoms with van der Waals surface area (Å²) in [6.45, 7) is 6.19. The summed E-state index contributed by atoms with van der Waals surface area (Å²) in [5.74, 6) is -0.113. The molecule has 2 rings (SSSR count). The fourth-order valence-corrected chi connectivity index (χ4v) is 3.32. The highest BCUT2D eigenvalue weighted by Crippen LogP contribution is 2.37. The van der Waals surface area contributed by atoms with E-state index in [1.54, 1.807) is 0 Å². The van der Waals surface area contributed by atoms with Gasteiger partial charge in [0.2, 0.25) is 0 Å². The van der Waals surface area contributed by atoms with Crippen molar-refractivity contribution in [2.24, 2.45) is 0 Å². The lowest BCUT2D eigenvalue weighted by Gasteiger charge is -2.35. The average molecular weight is 405 g/mol. The molecule has 0 fully saturated rings. The van der Waals surface area contributed by atoms with Gasteiger partial charge in [0.05, 0.1) is 12.8 Å². The van der Waals surface area contributed by atoms with Gasteiger partial charge in [-0.25, -0.2) is 0 Å². The molecule has 0 aliphatic carbocycles. The molecular formula is C19H24ClF3N2O2. The first-order valence-electron chi connectivity index (χ1n) is 8.83. The van der Waals surface area contributed by atoms with Crippen LogP contribution in [-0.4, -0.2) is 24.4 Å². The van der Waals surface area contributed by atoms with Crippen LogP contribution < -0.4 is 14.8 Å². The van der Waals surface area contributed by atoms with E-state index in [9.17, 15) is 13.2 Å². The molecule has 150 valence electrons. The predicted octanol–water partition coefficient (Wildman–Crippen LogP) is 5.80. The Morgan fingerprint density at radius 2 is 1.85 bits per heavy atom. The normalized spacial score (nSPS) is 15.0. The molecule has 1 N–H and O–H groups in total. The lowest BCUT2D eigenvalue weighted by Crippen LogP contribution is -2.34. The van der Waals surface area contributed by atoms with Gasteiger partial charge < -0.3 is 19.7 Å². The van der Waals surface area contributed by atoms with Crippen molar-refractivity contribution in [3.63, 3.8) is 0 Å². The third kappa shape index (κ3) is 5.03. The number of hydrogen-bond donors (Lipinski definition) is 1. The fraction of sp³-hybridized carbons (Fsp3) is 0.474. The summed E-state index contributed by atoms with van der Waals surface area (Å²) in [6.07, 6.45) is -0.220. The number of hydrogen-bond acceptors (Lipinski definition) is 4. The Morgan fingerprint density at radius 1 is 1.19 bits per heavy atom. The van der Waals surface area contributed by atoms with E-state index in [4.69, 9.17) is 16.3 Å². The van der Waals surface area contributed by atoms with E-state index in [0.717, 1.165) is 25.0 Å². The minimum atomic E-state index is -4.77. The highest BCUT2D eigenvalue weighted by Gasteiger charge is 2.32. The van der Waals surface area contributed by atoms with Crippen LogP contribution in [-0.2, 0) is 0 Å². The van der Waals surface area contributed by atoms with E-state index < -0.39 is 6.36 Å². The van der Waals surface area contributed by atoms with Crippen LogP contribution in [0.2, 0.25) is 0 Å². The molecular weight excluding hydrogens is 381 g/mol. The molecule has 1 aromatic rings.